The van der Waals surface area contributed by atoms with Gasteiger partial charge in [-0.1, -0.05) is 30.3 Å². The zero-order valence-corrected chi connectivity index (χ0v) is 12.5. The average molecular weight is 283 g/mol. The van der Waals surface area contributed by atoms with Gasteiger partial charge >= 0.3 is 0 Å². The first-order valence-electron chi connectivity index (χ1n) is 6.91. The summed E-state index contributed by atoms with van der Waals surface area (Å²) in [6.07, 6.45) is 0. The first kappa shape index (κ1) is 15.1. The van der Waals surface area contributed by atoms with Crippen molar-refractivity contribution in [3.8, 4) is 0 Å². The molecule has 21 heavy (non-hydrogen) atoms. The van der Waals surface area contributed by atoms with E-state index >= 15 is 0 Å². The highest BCUT2D eigenvalue weighted by Gasteiger charge is 2.07. The summed E-state index contributed by atoms with van der Waals surface area (Å²) in [4.78, 5) is 14.2. The first-order chi connectivity index (χ1) is 10.1. The number of benzene rings is 2. The van der Waals surface area contributed by atoms with Gasteiger partial charge in [0.25, 0.3) is 5.91 Å². The van der Waals surface area contributed by atoms with Gasteiger partial charge in [0.1, 0.15) is 0 Å². The molecule has 0 saturated heterocycles. The van der Waals surface area contributed by atoms with Gasteiger partial charge in [0.15, 0.2) is 0 Å². The number of carbonyl (C=O) groups excluding carboxylic acids is 1. The van der Waals surface area contributed by atoms with Crippen LogP contribution in [0.25, 0.3) is 0 Å². The Kier molecular flexibility index (Phi) is 4.95. The minimum Gasteiger partial charge on any atom is -0.399 e. The molecule has 2 aromatic carbocycles. The van der Waals surface area contributed by atoms with Gasteiger partial charge in [-0.2, -0.15) is 0 Å². The summed E-state index contributed by atoms with van der Waals surface area (Å²) in [5, 5.41) is 2.94. The molecule has 4 nitrogen and oxygen atoms in total. The third kappa shape index (κ3) is 4.33. The van der Waals surface area contributed by atoms with Crippen molar-refractivity contribution >= 4 is 11.6 Å². The normalized spacial score (nSPS) is 10.6. The molecule has 0 unspecified atom stereocenters. The van der Waals surface area contributed by atoms with Gasteiger partial charge in [0.2, 0.25) is 0 Å². The molecule has 3 N–H and O–H groups in total. The van der Waals surface area contributed by atoms with Crippen molar-refractivity contribution in [1.82, 2.24) is 10.2 Å². The van der Waals surface area contributed by atoms with Crippen LogP contribution in [0.4, 0.5) is 5.69 Å². The highest BCUT2D eigenvalue weighted by molar-refractivity contribution is 5.94. The van der Waals surface area contributed by atoms with E-state index in [0.717, 1.165) is 12.1 Å². The Labute approximate surface area is 125 Å². The lowest BCUT2D eigenvalue weighted by Crippen LogP contribution is -2.24. The Bertz CT molecular complexity index is 623. The van der Waals surface area contributed by atoms with Gasteiger partial charge in [-0.15, -0.1) is 0 Å². The molecule has 1 amide bonds. The molecule has 2 rings (SSSR count). The maximum absolute atomic E-state index is 12.1. The molecule has 4 heteroatoms. The number of nitrogens with two attached hydrogens (primary N) is 1. The van der Waals surface area contributed by atoms with E-state index in [4.69, 9.17) is 5.73 Å². The SMILES string of the molecule is CN(C)Cc1ccccc1CNC(=O)c1cccc(N)c1. The summed E-state index contributed by atoms with van der Waals surface area (Å²) in [6.45, 7) is 1.36. The Hall–Kier alpha value is -2.33. The number of rotatable bonds is 5. The lowest BCUT2D eigenvalue weighted by Gasteiger charge is -2.14. The maximum Gasteiger partial charge on any atom is 0.251 e. The van der Waals surface area contributed by atoms with Crippen LogP contribution < -0.4 is 11.1 Å². The van der Waals surface area contributed by atoms with Crippen molar-refractivity contribution in [2.24, 2.45) is 0 Å². The van der Waals surface area contributed by atoms with Crippen LogP contribution in [0.2, 0.25) is 0 Å². The van der Waals surface area contributed by atoms with Gasteiger partial charge < -0.3 is 16.0 Å². The number of amides is 1. The zero-order chi connectivity index (χ0) is 15.2. The van der Waals surface area contributed by atoms with Crippen molar-refractivity contribution in [2.75, 3.05) is 19.8 Å². The Morgan fingerprint density at radius 3 is 2.48 bits per heavy atom. The Morgan fingerprint density at radius 2 is 1.81 bits per heavy atom. The number of nitrogen functional groups attached to an aromatic ring is 1. The minimum absolute atomic E-state index is 0.109. The predicted octanol–water partition coefficient (Wildman–Crippen LogP) is 2.26. The number of hydrogen-bond acceptors (Lipinski definition) is 3. The monoisotopic (exact) mass is 283 g/mol. The molecule has 110 valence electrons. The summed E-state index contributed by atoms with van der Waals surface area (Å²) < 4.78 is 0. The average Bonchev–Trinajstić information content (AvgIpc) is 2.45. The highest BCUT2D eigenvalue weighted by atomic mass is 16.1. The second-order valence-electron chi connectivity index (χ2n) is 5.31. The molecule has 0 aromatic heterocycles. The van der Waals surface area contributed by atoms with E-state index in [1.807, 2.05) is 32.3 Å². The summed E-state index contributed by atoms with van der Waals surface area (Å²) in [6, 6.07) is 15.1. The van der Waals surface area contributed by atoms with Gasteiger partial charge in [0, 0.05) is 24.3 Å². The highest BCUT2D eigenvalue weighted by Crippen LogP contribution is 2.11. The van der Waals surface area contributed by atoms with E-state index in [0.29, 0.717) is 17.8 Å². The number of anilines is 1. The van der Waals surface area contributed by atoms with Crippen LogP contribution in [0, 0.1) is 0 Å². The van der Waals surface area contributed by atoms with Crippen LogP contribution in [0.15, 0.2) is 48.5 Å². The van der Waals surface area contributed by atoms with Crippen LogP contribution in [0.5, 0.6) is 0 Å². The van der Waals surface area contributed by atoms with Crippen molar-refractivity contribution in [2.45, 2.75) is 13.1 Å². The molecule has 0 saturated carbocycles. The predicted molar refractivity (Wildman–Crippen MR) is 85.9 cm³/mol. The molecule has 2 aromatic rings. The van der Waals surface area contributed by atoms with Crippen molar-refractivity contribution < 1.29 is 4.79 Å². The molecule has 0 aliphatic heterocycles. The fourth-order valence-corrected chi connectivity index (χ4v) is 2.18. The molecule has 0 radical (unpaired) electrons. The largest absolute Gasteiger partial charge is 0.399 e. The zero-order valence-electron chi connectivity index (χ0n) is 12.5. The van der Waals surface area contributed by atoms with Crippen LogP contribution >= 0.6 is 0 Å². The molecule has 0 aliphatic carbocycles. The van der Waals surface area contributed by atoms with Crippen LogP contribution in [0.1, 0.15) is 21.5 Å². The van der Waals surface area contributed by atoms with E-state index in [-0.39, 0.29) is 5.91 Å². The quantitative estimate of drug-likeness (QED) is 0.828. The fraction of sp³-hybridized carbons (Fsp3) is 0.235. The first-order valence-corrected chi connectivity index (χ1v) is 6.91. The standard InChI is InChI=1S/C17H21N3O/c1-20(2)12-15-7-4-3-6-14(15)11-19-17(21)13-8-5-9-16(18)10-13/h3-10H,11-12,18H2,1-2H3,(H,19,21). The van der Waals surface area contributed by atoms with Crippen molar-refractivity contribution in [3.05, 3.63) is 65.2 Å². The summed E-state index contributed by atoms with van der Waals surface area (Å²) in [5.41, 5.74) is 9.22. The molecule has 0 fully saturated rings. The van der Waals surface area contributed by atoms with Crippen LogP contribution in [-0.2, 0) is 13.1 Å². The van der Waals surface area contributed by atoms with Crippen molar-refractivity contribution in [1.29, 1.82) is 0 Å². The maximum atomic E-state index is 12.1. The van der Waals surface area contributed by atoms with E-state index in [1.165, 1.54) is 5.56 Å². The second kappa shape index (κ2) is 6.90. The molecule has 0 heterocycles. The molecule has 0 spiro atoms. The summed E-state index contributed by atoms with van der Waals surface area (Å²) in [5.74, 6) is -0.109. The van der Waals surface area contributed by atoms with E-state index in [1.54, 1.807) is 24.3 Å². The van der Waals surface area contributed by atoms with E-state index < -0.39 is 0 Å². The third-order valence-electron chi connectivity index (χ3n) is 3.19. The van der Waals surface area contributed by atoms with Gasteiger partial charge in [0.05, 0.1) is 0 Å². The number of hydrogen-bond donors (Lipinski definition) is 2. The van der Waals surface area contributed by atoms with Gasteiger partial charge in [-0.05, 0) is 43.4 Å². The van der Waals surface area contributed by atoms with E-state index in [2.05, 4.69) is 16.3 Å². The summed E-state index contributed by atoms with van der Waals surface area (Å²) >= 11 is 0. The lowest BCUT2D eigenvalue weighted by molar-refractivity contribution is 0.0951. The minimum atomic E-state index is -0.109. The smallest absolute Gasteiger partial charge is 0.251 e. The Morgan fingerprint density at radius 1 is 1.10 bits per heavy atom. The molecular weight excluding hydrogens is 262 g/mol. The lowest BCUT2D eigenvalue weighted by atomic mass is 10.1. The number of nitrogens with one attached hydrogen (secondary N) is 1. The topological polar surface area (TPSA) is 58.4 Å². The van der Waals surface area contributed by atoms with Gasteiger partial charge in [-0.25, -0.2) is 0 Å². The molecule has 0 atom stereocenters. The second-order valence-corrected chi connectivity index (χ2v) is 5.31. The number of nitrogens with zero attached hydrogens (tertiary/aromatic N) is 1. The van der Waals surface area contributed by atoms with Crippen LogP contribution in [-0.4, -0.2) is 24.9 Å². The van der Waals surface area contributed by atoms with Crippen LogP contribution in [0.3, 0.4) is 0 Å². The molecular formula is C17H21N3O. The number of carbonyl (C=O) groups is 1. The summed E-state index contributed by atoms with van der Waals surface area (Å²) in [7, 11) is 4.06. The fourth-order valence-electron chi connectivity index (χ4n) is 2.18. The van der Waals surface area contributed by atoms with Gasteiger partial charge in [-0.3, -0.25) is 4.79 Å². The van der Waals surface area contributed by atoms with E-state index in [9.17, 15) is 4.79 Å². The Balaban J connectivity index is 2.04. The molecule has 0 bridgehead atoms. The molecule has 0 aliphatic rings. The van der Waals surface area contributed by atoms with Crippen molar-refractivity contribution in [3.63, 3.8) is 0 Å². The third-order valence-corrected chi connectivity index (χ3v) is 3.19.